The number of hydrogen-bond donors (Lipinski definition) is 4. The van der Waals surface area contributed by atoms with E-state index in [0.717, 1.165) is 12.8 Å². The zero-order valence-corrected chi connectivity index (χ0v) is 9.27. The smallest absolute Gasteiger partial charge is 0.325 e. The Morgan fingerprint density at radius 3 is 2.31 bits per heavy atom. The minimum atomic E-state index is -1.06. The van der Waals surface area contributed by atoms with Gasteiger partial charge in [0.15, 0.2) is 0 Å². The first kappa shape index (κ1) is 12.8. The third-order valence-corrected chi connectivity index (χ3v) is 2.75. The van der Waals surface area contributed by atoms with E-state index in [-0.39, 0.29) is 12.1 Å². The highest BCUT2D eigenvalue weighted by atomic mass is 16.4. The van der Waals surface area contributed by atoms with Crippen LogP contribution in [-0.2, 0) is 4.79 Å². The van der Waals surface area contributed by atoms with Crippen molar-refractivity contribution in [3.63, 3.8) is 0 Å². The van der Waals surface area contributed by atoms with Gasteiger partial charge in [0.25, 0.3) is 0 Å². The van der Waals surface area contributed by atoms with Crippen molar-refractivity contribution in [3.05, 3.63) is 0 Å². The molecule has 0 saturated heterocycles. The number of rotatable bonds is 3. The number of carboxylic acids is 1. The molecule has 1 fully saturated rings. The van der Waals surface area contributed by atoms with Gasteiger partial charge < -0.3 is 20.8 Å². The Bertz CT molecular complexity index is 262. The van der Waals surface area contributed by atoms with E-state index in [1.54, 1.807) is 0 Å². The Hall–Kier alpha value is -1.30. The minimum Gasteiger partial charge on any atom is -0.480 e. The lowest BCUT2D eigenvalue weighted by Crippen LogP contribution is -2.48. The van der Waals surface area contributed by atoms with Crippen molar-refractivity contribution >= 4 is 12.0 Å². The maximum atomic E-state index is 11.4. The van der Waals surface area contributed by atoms with Crippen molar-refractivity contribution in [3.8, 4) is 0 Å². The largest absolute Gasteiger partial charge is 0.480 e. The fourth-order valence-electron chi connectivity index (χ4n) is 1.71. The van der Waals surface area contributed by atoms with E-state index >= 15 is 0 Å². The van der Waals surface area contributed by atoms with E-state index in [0.29, 0.717) is 12.8 Å². The molecule has 1 aliphatic carbocycles. The van der Waals surface area contributed by atoms with Crippen LogP contribution in [0.25, 0.3) is 0 Å². The van der Waals surface area contributed by atoms with Crippen LogP contribution in [0.3, 0.4) is 0 Å². The molecule has 6 heteroatoms. The van der Waals surface area contributed by atoms with Crippen molar-refractivity contribution in [1.29, 1.82) is 0 Å². The summed E-state index contributed by atoms with van der Waals surface area (Å²) in [7, 11) is 0. The molecular weight excluding hydrogens is 212 g/mol. The summed E-state index contributed by atoms with van der Waals surface area (Å²) in [6.07, 6.45) is 2.56. The molecule has 0 aromatic rings. The van der Waals surface area contributed by atoms with Crippen LogP contribution in [0, 0.1) is 0 Å². The first-order valence-corrected chi connectivity index (χ1v) is 5.47. The van der Waals surface area contributed by atoms with Crippen LogP contribution >= 0.6 is 0 Å². The summed E-state index contributed by atoms with van der Waals surface area (Å²) < 4.78 is 0. The molecule has 0 heterocycles. The van der Waals surface area contributed by atoms with Crippen LogP contribution in [0.15, 0.2) is 0 Å². The Morgan fingerprint density at radius 1 is 1.25 bits per heavy atom. The fourth-order valence-corrected chi connectivity index (χ4v) is 1.71. The lowest BCUT2D eigenvalue weighted by atomic mass is 9.93. The molecule has 0 spiro atoms. The Morgan fingerprint density at radius 2 is 1.81 bits per heavy atom. The van der Waals surface area contributed by atoms with Crippen molar-refractivity contribution in [2.75, 3.05) is 0 Å². The SMILES string of the molecule is C[C@H](NC(=O)NC1CCC(O)CC1)C(=O)O. The van der Waals surface area contributed by atoms with Crippen LogP contribution in [-0.4, -0.2) is 40.4 Å². The Balaban J connectivity index is 2.26. The number of carbonyl (C=O) groups excluding carboxylic acids is 1. The second kappa shape index (κ2) is 5.69. The van der Waals surface area contributed by atoms with E-state index < -0.39 is 18.0 Å². The molecule has 0 aliphatic heterocycles. The standard InChI is InChI=1S/C10H18N2O4/c1-6(9(14)15)11-10(16)12-7-2-4-8(13)5-3-7/h6-8,13H,2-5H2,1H3,(H,14,15)(H2,11,12,16)/t6-,7?,8?/m0/s1. The van der Waals surface area contributed by atoms with Crippen LogP contribution in [0.4, 0.5) is 4.79 Å². The molecular formula is C10H18N2O4. The maximum absolute atomic E-state index is 11.4. The van der Waals surface area contributed by atoms with Gasteiger partial charge in [-0.15, -0.1) is 0 Å². The van der Waals surface area contributed by atoms with Crippen molar-refractivity contribution < 1.29 is 19.8 Å². The summed E-state index contributed by atoms with van der Waals surface area (Å²) in [5.74, 6) is -1.06. The second-order valence-corrected chi connectivity index (χ2v) is 4.18. The predicted molar refractivity (Wildman–Crippen MR) is 57.0 cm³/mol. The zero-order valence-electron chi connectivity index (χ0n) is 9.27. The van der Waals surface area contributed by atoms with Crippen molar-refractivity contribution in [2.24, 2.45) is 0 Å². The topological polar surface area (TPSA) is 98.7 Å². The normalized spacial score (nSPS) is 26.9. The van der Waals surface area contributed by atoms with Crippen molar-refractivity contribution in [2.45, 2.75) is 50.8 Å². The van der Waals surface area contributed by atoms with Gasteiger partial charge in [0.2, 0.25) is 0 Å². The van der Waals surface area contributed by atoms with Crippen LogP contribution in [0.2, 0.25) is 0 Å². The lowest BCUT2D eigenvalue weighted by molar-refractivity contribution is -0.138. The van der Waals surface area contributed by atoms with E-state index in [4.69, 9.17) is 5.11 Å². The van der Waals surface area contributed by atoms with Crippen molar-refractivity contribution in [1.82, 2.24) is 10.6 Å². The lowest BCUT2D eigenvalue weighted by Gasteiger charge is -2.26. The summed E-state index contributed by atoms with van der Waals surface area (Å²) in [5.41, 5.74) is 0. The van der Waals surface area contributed by atoms with Gasteiger partial charge in [0.1, 0.15) is 6.04 Å². The summed E-state index contributed by atoms with van der Waals surface area (Å²) in [5, 5.41) is 22.9. The van der Waals surface area contributed by atoms with E-state index in [2.05, 4.69) is 10.6 Å². The van der Waals surface area contributed by atoms with Gasteiger partial charge in [0.05, 0.1) is 6.10 Å². The van der Waals surface area contributed by atoms with E-state index in [9.17, 15) is 14.7 Å². The number of aliphatic carboxylic acids is 1. The maximum Gasteiger partial charge on any atom is 0.325 e. The number of carbonyl (C=O) groups is 2. The number of aliphatic hydroxyl groups excluding tert-OH is 1. The number of hydrogen-bond acceptors (Lipinski definition) is 3. The average Bonchev–Trinajstić information content (AvgIpc) is 2.21. The second-order valence-electron chi connectivity index (χ2n) is 4.18. The molecule has 1 atom stereocenters. The summed E-state index contributed by atoms with van der Waals surface area (Å²) in [6.45, 7) is 1.41. The van der Waals surface area contributed by atoms with Gasteiger partial charge in [-0.1, -0.05) is 0 Å². The van der Waals surface area contributed by atoms with E-state index in [1.165, 1.54) is 6.92 Å². The highest BCUT2D eigenvalue weighted by molar-refractivity contribution is 5.82. The molecule has 0 unspecified atom stereocenters. The summed E-state index contributed by atoms with van der Waals surface area (Å²) in [6, 6.07) is -1.32. The van der Waals surface area contributed by atoms with Gasteiger partial charge in [-0.05, 0) is 32.6 Å². The molecule has 0 radical (unpaired) electrons. The molecule has 6 nitrogen and oxygen atoms in total. The van der Waals surface area contributed by atoms with Crippen LogP contribution in [0.1, 0.15) is 32.6 Å². The van der Waals surface area contributed by atoms with Crippen LogP contribution in [0.5, 0.6) is 0 Å². The number of aliphatic hydroxyl groups is 1. The number of amides is 2. The molecule has 92 valence electrons. The third kappa shape index (κ3) is 4.06. The molecule has 0 aromatic carbocycles. The fraction of sp³-hybridized carbons (Fsp3) is 0.800. The number of urea groups is 1. The molecule has 4 N–H and O–H groups in total. The highest BCUT2D eigenvalue weighted by Gasteiger charge is 2.22. The average molecular weight is 230 g/mol. The zero-order chi connectivity index (χ0) is 12.1. The molecule has 1 rings (SSSR count). The molecule has 0 aromatic heterocycles. The molecule has 0 bridgehead atoms. The minimum absolute atomic E-state index is 0.0318. The summed E-state index contributed by atoms with van der Waals surface area (Å²) in [4.78, 5) is 21.9. The monoisotopic (exact) mass is 230 g/mol. The van der Waals surface area contributed by atoms with Crippen LogP contribution < -0.4 is 10.6 Å². The third-order valence-electron chi connectivity index (χ3n) is 2.75. The predicted octanol–water partition coefficient (Wildman–Crippen LogP) is 0.0622. The summed E-state index contributed by atoms with van der Waals surface area (Å²) >= 11 is 0. The molecule has 1 aliphatic rings. The Kier molecular flexibility index (Phi) is 4.54. The highest BCUT2D eigenvalue weighted by Crippen LogP contribution is 2.17. The van der Waals surface area contributed by atoms with Gasteiger partial charge in [-0.2, -0.15) is 0 Å². The number of carboxylic acid groups (broad SMARTS) is 1. The van der Waals surface area contributed by atoms with Gasteiger partial charge in [0, 0.05) is 6.04 Å². The first-order chi connectivity index (χ1) is 7.49. The molecule has 2 amide bonds. The van der Waals surface area contributed by atoms with Gasteiger partial charge in [-0.3, -0.25) is 4.79 Å². The first-order valence-electron chi connectivity index (χ1n) is 5.47. The quantitative estimate of drug-likeness (QED) is 0.551. The molecule has 1 saturated carbocycles. The van der Waals surface area contributed by atoms with Gasteiger partial charge >= 0.3 is 12.0 Å². The molecule has 16 heavy (non-hydrogen) atoms. The Labute approximate surface area is 94.0 Å². The van der Waals surface area contributed by atoms with Gasteiger partial charge in [-0.25, -0.2) is 4.79 Å². The van der Waals surface area contributed by atoms with E-state index in [1.807, 2.05) is 0 Å². The number of nitrogens with one attached hydrogen (secondary N) is 2.